The van der Waals surface area contributed by atoms with Gasteiger partial charge in [-0.1, -0.05) is 5.57 Å². The number of nitrogens with one attached hydrogen (secondary N) is 1. The van der Waals surface area contributed by atoms with E-state index < -0.39 is 0 Å². The Morgan fingerprint density at radius 2 is 1.72 bits per heavy atom. The molecule has 4 heteroatoms. The number of nitrogens with zero attached hydrogens (tertiary/aromatic N) is 1. The van der Waals surface area contributed by atoms with E-state index in [0.717, 1.165) is 50.6 Å². The van der Waals surface area contributed by atoms with Crippen molar-refractivity contribution < 1.29 is 9.53 Å². The van der Waals surface area contributed by atoms with Crippen molar-refractivity contribution in [1.82, 2.24) is 10.2 Å². The van der Waals surface area contributed by atoms with Gasteiger partial charge in [-0.05, 0) is 75.5 Å². The van der Waals surface area contributed by atoms with Gasteiger partial charge >= 0.3 is 0 Å². The average molecular weight is 347 g/mol. The molecule has 1 heterocycles. The molecular weight excluding hydrogens is 312 g/mol. The number of rotatable bonds is 5. The van der Waals surface area contributed by atoms with E-state index >= 15 is 0 Å². The number of carbonyl (C=O) groups excluding carboxylic acids is 1. The van der Waals surface area contributed by atoms with Crippen LogP contribution >= 0.6 is 0 Å². The summed E-state index contributed by atoms with van der Waals surface area (Å²) in [5.74, 6) is 2.89. The molecule has 4 nitrogen and oxygen atoms in total. The standard InChI is InChI=1S/C21H34N2O2/c1-15(21-11-17-8-18(12-21)10-19(9-17)13-21)7-20(24)22-16(2)14-23-3-5-25-6-4-23/h7,16-19H,3-6,8-14H2,1-2H3,(H,22,24)/b15-7+/t16-,17?,18?,19?,21?/m0/s1. The van der Waals surface area contributed by atoms with E-state index in [-0.39, 0.29) is 11.9 Å². The van der Waals surface area contributed by atoms with Crippen LogP contribution in [0.2, 0.25) is 0 Å². The smallest absolute Gasteiger partial charge is 0.244 e. The predicted molar refractivity (Wildman–Crippen MR) is 99.2 cm³/mol. The summed E-state index contributed by atoms with van der Waals surface area (Å²) >= 11 is 0. The maximum absolute atomic E-state index is 12.6. The molecule has 1 amide bonds. The van der Waals surface area contributed by atoms with Crippen molar-refractivity contribution >= 4 is 5.91 Å². The lowest BCUT2D eigenvalue weighted by Gasteiger charge is -2.57. The van der Waals surface area contributed by atoms with Crippen molar-refractivity contribution in [2.45, 2.75) is 58.4 Å². The van der Waals surface area contributed by atoms with Crippen LogP contribution in [0.5, 0.6) is 0 Å². The Morgan fingerprint density at radius 1 is 1.16 bits per heavy atom. The molecule has 5 fully saturated rings. The molecule has 1 aliphatic heterocycles. The number of morpholine rings is 1. The zero-order valence-electron chi connectivity index (χ0n) is 15.9. The van der Waals surface area contributed by atoms with Gasteiger partial charge in [0.25, 0.3) is 0 Å². The number of allylic oxidation sites excluding steroid dienone is 1. The fraction of sp³-hybridized carbons (Fsp3) is 0.857. The number of hydrogen-bond acceptors (Lipinski definition) is 3. The zero-order valence-corrected chi connectivity index (χ0v) is 15.9. The first-order chi connectivity index (χ1) is 12.0. The molecule has 4 saturated carbocycles. The van der Waals surface area contributed by atoms with Gasteiger partial charge in [-0.15, -0.1) is 0 Å². The van der Waals surface area contributed by atoms with Crippen LogP contribution in [0.3, 0.4) is 0 Å². The van der Waals surface area contributed by atoms with Crippen LogP contribution in [-0.4, -0.2) is 49.7 Å². The highest BCUT2D eigenvalue weighted by Crippen LogP contribution is 2.62. The molecule has 0 spiro atoms. The minimum Gasteiger partial charge on any atom is -0.379 e. The summed E-state index contributed by atoms with van der Waals surface area (Å²) in [4.78, 5) is 14.9. The van der Waals surface area contributed by atoms with Gasteiger partial charge in [0.15, 0.2) is 0 Å². The van der Waals surface area contributed by atoms with E-state index in [9.17, 15) is 4.79 Å². The van der Waals surface area contributed by atoms with E-state index in [4.69, 9.17) is 4.74 Å². The first-order valence-electron chi connectivity index (χ1n) is 10.3. The molecule has 1 saturated heterocycles. The number of hydrogen-bond donors (Lipinski definition) is 1. The lowest BCUT2D eigenvalue weighted by molar-refractivity contribution is -0.117. The molecule has 25 heavy (non-hydrogen) atoms. The Hall–Kier alpha value is -0.870. The second kappa shape index (κ2) is 7.03. The first-order valence-corrected chi connectivity index (χ1v) is 10.3. The van der Waals surface area contributed by atoms with Crippen LogP contribution in [0.15, 0.2) is 11.6 Å². The molecule has 5 aliphatic rings. The number of amides is 1. The zero-order chi connectivity index (χ0) is 17.4. The normalized spacial score (nSPS) is 39.4. The van der Waals surface area contributed by atoms with E-state index in [2.05, 4.69) is 24.1 Å². The number of carbonyl (C=O) groups is 1. The van der Waals surface area contributed by atoms with Crippen molar-refractivity contribution in [2.24, 2.45) is 23.2 Å². The minimum atomic E-state index is 0.106. The summed E-state index contributed by atoms with van der Waals surface area (Å²) in [6.45, 7) is 8.82. The lowest BCUT2D eigenvalue weighted by atomic mass is 9.48. The Labute approximate surface area is 152 Å². The topological polar surface area (TPSA) is 41.6 Å². The highest BCUT2D eigenvalue weighted by molar-refractivity contribution is 5.88. The molecule has 4 aliphatic carbocycles. The Kier molecular flexibility index (Phi) is 4.93. The van der Waals surface area contributed by atoms with E-state index in [1.165, 1.54) is 44.1 Å². The Balaban J connectivity index is 1.34. The highest BCUT2D eigenvalue weighted by atomic mass is 16.5. The molecule has 0 aromatic rings. The van der Waals surface area contributed by atoms with Crippen molar-refractivity contribution in [2.75, 3.05) is 32.8 Å². The van der Waals surface area contributed by atoms with Gasteiger partial charge < -0.3 is 10.1 Å². The van der Waals surface area contributed by atoms with Crippen LogP contribution in [0, 0.1) is 23.2 Å². The van der Waals surface area contributed by atoms with Gasteiger partial charge in [0.2, 0.25) is 5.91 Å². The third-order valence-electron chi connectivity index (χ3n) is 7.25. The molecule has 0 unspecified atom stereocenters. The van der Waals surface area contributed by atoms with Gasteiger partial charge in [-0.25, -0.2) is 0 Å². The molecule has 4 bridgehead atoms. The lowest BCUT2D eigenvalue weighted by Crippen LogP contribution is -2.47. The van der Waals surface area contributed by atoms with E-state index in [1.807, 2.05) is 6.08 Å². The maximum Gasteiger partial charge on any atom is 0.244 e. The van der Waals surface area contributed by atoms with Crippen LogP contribution in [-0.2, 0) is 9.53 Å². The van der Waals surface area contributed by atoms with E-state index in [0.29, 0.717) is 5.41 Å². The molecule has 1 atom stereocenters. The van der Waals surface area contributed by atoms with Crippen molar-refractivity contribution in [1.29, 1.82) is 0 Å². The van der Waals surface area contributed by atoms with Crippen LogP contribution < -0.4 is 5.32 Å². The first kappa shape index (κ1) is 17.5. The number of ether oxygens (including phenoxy) is 1. The molecule has 1 N–H and O–H groups in total. The average Bonchev–Trinajstić information content (AvgIpc) is 2.54. The highest BCUT2D eigenvalue weighted by Gasteiger charge is 2.51. The van der Waals surface area contributed by atoms with Crippen molar-refractivity contribution in [3.8, 4) is 0 Å². The monoisotopic (exact) mass is 346 g/mol. The van der Waals surface area contributed by atoms with Crippen LogP contribution in [0.25, 0.3) is 0 Å². The summed E-state index contributed by atoms with van der Waals surface area (Å²) in [6.07, 6.45) is 10.3. The summed E-state index contributed by atoms with van der Waals surface area (Å²) in [6, 6.07) is 0.186. The van der Waals surface area contributed by atoms with Gasteiger partial charge in [0.05, 0.1) is 13.2 Å². The largest absolute Gasteiger partial charge is 0.379 e. The van der Waals surface area contributed by atoms with Gasteiger partial charge in [0.1, 0.15) is 0 Å². The van der Waals surface area contributed by atoms with Crippen LogP contribution in [0.1, 0.15) is 52.4 Å². The second-order valence-electron chi connectivity index (χ2n) is 9.35. The summed E-state index contributed by atoms with van der Waals surface area (Å²) in [5.41, 5.74) is 1.70. The van der Waals surface area contributed by atoms with Gasteiger partial charge in [-0.2, -0.15) is 0 Å². The van der Waals surface area contributed by atoms with Crippen molar-refractivity contribution in [3.63, 3.8) is 0 Å². The fourth-order valence-corrected chi connectivity index (χ4v) is 6.44. The van der Waals surface area contributed by atoms with Gasteiger partial charge in [0, 0.05) is 31.8 Å². The molecule has 0 radical (unpaired) electrons. The Bertz CT molecular complexity index is 501. The van der Waals surface area contributed by atoms with Crippen LogP contribution in [0.4, 0.5) is 0 Å². The van der Waals surface area contributed by atoms with E-state index in [1.54, 1.807) is 0 Å². The Morgan fingerprint density at radius 3 is 2.28 bits per heavy atom. The third-order valence-corrected chi connectivity index (χ3v) is 7.25. The second-order valence-corrected chi connectivity index (χ2v) is 9.35. The third kappa shape index (κ3) is 3.80. The SMILES string of the molecule is C/C(=C\C(=O)N[C@@H](C)CN1CCOCC1)C12CC3CC(CC(C3)C1)C2. The summed E-state index contributed by atoms with van der Waals surface area (Å²) < 4.78 is 5.39. The molecule has 0 aromatic heterocycles. The maximum atomic E-state index is 12.6. The molecule has 5 rings (SSSR count). The molecular formula is C21H34N2O2. The summed E-state index contributed by atoms with van der Waals surface area (Å²) in [7, 11) is 0. The van der Waals surface area contributed by atoms with Crippen molar-refractivity contribution in [3.05, 3.63) is 11.6 Å². The summed E-state index contributed by atoms with van der Waals surface area (Å²) in [5, 5.41) is 3.19. The predicted octanol–water partition coefficient (Wildman–Crippen LogP) is 2.99. The molecule has 0 aromatic carbocycles. The minimum absolute atomic E-state index is 0.106. The molecule has 140 valence electrons. The fourth-order valence-electron chi connectivity index (χ4n) is 6.44. The van der Waals surface area contributed by atoms with Gasteiger partial charge in [-0.3, -0.25) is 9.69 Å². The quantitative estimate of drug-likeness (QED) is 0.778.